The van der Waals surface area contributed by atoms with Crippen LogP contribution in [-0.2, 0) is 16.8 Å². The number of aromatic amines is 1. The third kappa shape index (κ3) is 2.39. The highest BCUT2D eigenvalue weighted by Gasteiger charge is 2.51. The maximum Gasteiger partial charge on any atom is 0.273 e. The maximum atomic E-state index is 13.0. The Bertz CT molecular complexity index is 834. The smallest absolute Gasteiger partial charge is 0.273 e. The summed E-state index contributed by atoms with van der Waals surface area (Å²) in [5.41, 5.74) is 3.99. The zero-order valence-corrected chi connectivity index (χ0v) is 15.3. The van der Waals surface area contributed by atoms with Crippen molar-refractivity contribution in [1.82, 2.24) is 24.8 Å². The van der Waals surface area contributed by atoms with Crippen LogP contribution in [0, 0.1) is 5.92 Å². The number of carbonyl (C=O) groups excluding carboxylic acids is 2. The number of amides is 2. The van der Waals surface area contributed by atoms with Crippen LogP contribution in [0.2, 0.25) is 0 Å². The summed E-state index contributed by atoms with van der Waals surface area (Å²) in [6.45, 7) is 1.98. The third-order valence-electron chi connectivity index (χ3n) is 5.98. The van der Waals surface area contributed by atoms with Gasteiger partial charge in [0.15, 0.2) is 0 Å². The molecular weight excluding hydrogens is 350 g/mol. The molecule has 2 fully saturated rings. The fourth-order valence-electron chi connectivity index (χ4n) is 4.42. The van der Waals surface area contributed by atoms with Crippen LogP contribution in [-0.4, -0.2) is 56.2 Å². The molecule has 0 bridgehead atoms. The van der Waals surface area contributed by atoms with Crippen molar-refractivity contribution in [2.24, 2.45) is 5.92 Å². The molecule has 7 nitrogen and oxygen atoms in total. The van der Waals surface area contributed by atoms with Gasteiger partial charge in [-0.15, -0.1) is 11.3 Å². The molecule has 1 spiro atoms. The fraction of sp³-hybridized carbons (Fsp3) is 0.556. The minimum atomic E-state index is -0.369. The lowest BCUT2D eigenvalue weighted by Crippen LogP contribution is -2.59. The summed E-state index contributed by atoms with van der Waals surface area (Å²) in [4.78, 5) is 41.5. The number of hydrogen-bond acceptors (Lipinski definition) is 5. The monoisotopic (exact) mass is 371 g/mol. The van der Waals surface area contributed by atoms with E-state index in [2.05, 4.69) is 19.9 Å². The number of likely N-dealkylation sites (tertiary alicyclic amines) is 1. The number of thiazole rings is 1. The van der Waals surface area contributed by atoms with E-state index in [0.717, 1.165) is 50.0 Å². The minimum absolute atomic E-state index is 0.0146. The van der Waals surface area contributed by atoms with Gasteiger partial charge in [0.1, 0.15) is 5.69 Å². The van der Waals surface area contributed by atoms with Gasteiger partial charge in [-0.3, -0.25) is 9.59 Å². The number of imidazole rings is 1. The first-order chi connectivity index (χ1) is 12.7. The molecule has 2 aromatic heterocycles. The van der Waals surface area contributed by atoms with Crippen molar-refractivity contribution in [3.8, 4) is 0 Å². The topological polar surface area (TPSA) is 82.2 Å². The molecule has 0 unspecified atom stereocenters. The normalized spacial score (nSPS) is 21.7. The van der Waals surface area contributed by atoms with Crippen LogP contribution in [0.15, 0.2) is 17.2 Å². The number of carbonyl (C=O) groups is 2. The standard InChI is InChI=1S/C18H21N5O2S/c24-16(12-1-2-12)23-6-3-13-15(20-10-19-13)18(23)4-7-22(8-5-18)17(25)14-9-26-11-21-14/h9-12H,1-8H2,(H,19,20). The van der Waals surface area contributed by atoms with Gasteiger partial charge in [-0.1, -0.05) is 0 Å². The summed E-state index contributed by atoms with van der Waals surface area (Å²) >= 11 is 1.43. The largest absolute Gasteiger partial charge is 0.348 e. The Morgan fingerprint density at radius 2 is 2.00 bits per heavy atom. The number of piperidine rings is 1. The zero-order valence-electron chi connectivity index (χ0n) is 14.5. The molecule has 8 heteroatoms. The Labute approximate surface area is 155 Å². The highest BCUT2D eigenvalue weighted by molar-refractivity contribution is 7.07. The molecule has 0 atom stereocenters. The van der Waals surface area contributed by atoms with Crippen LogP contribution >= 0.6 is 11.3 Å². The second kappa shape index (κ2) is 5.90. The lowest BCUT2D eigenvalue weighted by molar-refractivity contribution is -0.143. The number of nitrogens with one attached hydrogen (secondary N) is 1. The number of hydrogen-bond donors (Lipinski definition) is 1. The fourth-order valence-corrected chi connectivity index (χ4v) is 4.94. The van der Waals surface area contributed by atoms with E-state index in [-0.39, 0.29) is 23.3 Å². The first-order valence-electron chi connectivity index (χ1n) is 9.21. The Balaban J connectivity index is 1.43. The third-order valence-corrected chi connectivity index (χ3v) is 6.57. The van der Waals surface area contributed by atoms with Gasteiger partial charge < -0.3 is 14.8 Å². The number of nitrogens with zero attached hydrogens (tertiary/aromatic N) is 4. The Morgan fingerprint density at radius 3 is 2.69 bits per heavy atom. The van der Waals surface area contributed by atoms with Crippen molar-refractivity contribution in [1.29, 1.82) is 0 Å². The zero-order chi connectivity index (χ0) is 17.7. The Hall–Kier alpha value is -2.22. The van der Waals surface area contributed by atoms with Crippen LogP contribution < -0.4 is 0 Å². The molecule has 0 aromatic carbocycles. The molecule has 3 aliphatic rings. The first-order valence-corrected chi connectivity index (χ1v) is 10.1. The van der Waals surface area contributed by atoms with Crippen molar-refractivity contribution in [3.05, 3.63) is 34.3 Å². The predicted molar refractivity (Wildman–Crippen MR) is 95.7 cm³/mol. The van der Waals surface area contributed by atoms with Gasteiger partial charge in [0, 0.05) is 43.0 Å². The van der Waals surface area contributed by atoms with Crippen LogP contribution in [0.25, 0.3) is 0 Å². The molecule has 136 valence electrons. The lowest BCUT2D eigenvalue weighted by atomic mass is 9.78. The van der Waals surface area contributed by atoms with Gasteiger partial charge in [0.05, 0.1) is 23.1 Å². The molecular formula is C18H21N5O2S. The van der Waals surface area contributed by atoms with Crippen molar-refractivity contribution >= 4 is 23.2 Å². The van der Waals surface area contributed by atoms with Crippen molar-refractivity contribution in [2.45, 2.75) is 37.6 Å². The van der Waals surface area contributed by atoms with E-state index in [1.807, 2.05) is 4.90 Å². The molecule has 1 N–H and O–H groups in total. The quantitative estimate of drug-likeness (QED) is 0.873. The molecule has 0 radical (unpaired) electrons. The number of aromatic nitrogens is 3. The van der Waals surface area contributed by atoms with E-state index in [0.29, 0.717) is 18.8 Å². The van der Waals surface area contributed by atoms with Gasteiger partial charge in [0.2, 0.25) is 5.91 Å². The minimum Gasteiger partial charge on any atom is -0.348 e. The van der Waals surface area contributed by atoms with Crippen molar-refractivity contribution in [3.63, 3.8) is 0 Å². The van der Waals surface area contributed by atoms with Gasteiger partial charge in [0.25, 0.3) is 5.91 Å². The van der Waals surface area contributed by atoms with Gasteiger partial charge in [-0.05, 0) is 25.7 Å². The van der Waals surface area contributed by atoms with Crippen LogP contribution in [0.4, 0.5) is 0 Å². The Morgan fingerprint density at radius 1 is 1.19 bits per heavy atom. The summed E-state index contributed by atoms with van der Waals surface area (Å²) in [6.07, 6.45) is 6.06. The number of fused-ring (bicyclic) bond motifs is 2. The molecule has 1 aliphatic carbocycles. The van der Waals surface area contributed by atoms with Crippen LogP contribution in [0.1, 0.15) is 47.6 Å². The summed E-state index contributed by atoms with van der Waals surface area (Å²) in [5.74, 6) is 0.458. The lowest BCUT2D eigenvalue weighted by Gasteiger charge is -2.50. The van der Waals surface area contributed by atoms with Crippen molar-refractivity contribution < 1.29 is 9.59 Å². The molecule has 1 saturated heterocycles. The van der Waals surface area contributed by atoms with Gasteiger partial charge in [-0.2, -0.15) is 0 Å². The second-order valence-corrected chi connectivity index (χ2v) is 8.16. The average Bonchev–Trinajstić information content (AvgIpc) is 3.16. The molecule has 4 heterocycles. The first kappa shape index (κ1) is 16.0. The average molecular weight is 371 g/mol. The highest BCUT2D eigenvalue weighted by Crippen LogP contribution is 2.45. The maximum absolute atomic E-state index is 13.0. The summed E-state index contributed by atoms with van der Waals surface area (Å²) < 4.78 is 0. The van der Waals surface area contributed by atoms with E-state index in [1.54, 1.807) is 17.2 Å². The summed E-state index contributed by atoms with van der Waals surface area (Å²) in [5, 5.41) is 1.79. The SMILES string of the molecule is O=C(c1cscn1)N1CCC2(CC1)c1nc[nH]c1CCN2C(=O)C1CC1. The number of rotatable bonds is 2. The molecule has 1 saturated carbocycles. The van der Waals surface area contributed by atoms with Crippen LogP contribution in [0.3, 0.4) is 0 Å². The molecule has 5 rings (SSSR count). The molecule has 26 heavy (non-hydrogen) atoms. The predicted octanol–water partition coefficient (Wildman–Crippen LogP) is 1.79. The van der Waals surface area contributed by atoms with E-state index in [1.165, 1.54) is 11.3 Å². The molecule has 2 aliphatic heterocycles. The van der Waals surface area contributed by atoms with E-state index in [4.69, 9.17) is 0 Å². The van der Waals surface area contributed by atoms with E-state index in [9.17, 15) is 9.59 Å². The molecule has 2 amide bonds. The summed E-state index contributed by atoms with van der Waals surface area (Å²) in [7, 11) is 0. The summed E-state index contributed by atoms with van der Waals surface area (Å²) in [6, 6.07) is 0. The highest BCUT2D eigenvalue weighted by atomic mass is 32.1. The second-order valence-electron chi connectivity index (χ2n) is 7.44. The van der Waals surface area contributed by atoms with Gasteiger partial charge >= 0.3 is 0 Å². The van der Waals surface area contributed by atoms with Crippen molar-refractivity contribution in [2.75, 3.05) is 19.6 Å². The Kier molecular flexibility index (Phi) is 3.63. The van der Waals surface area contributed by atoms with E-state index >= 15 is 0 Å². The van der Waals surface area contributed by atoms with Crippen LogP contribution in [0.5, 0.6) is 0 Å². The van der Waals surface area contributed by atoms with E-state index < -0.39 is 0 Å². The molecule has 2 aromatic rings. The number of H-pyrrole nitrogens is 1. The van der Waals surface area contributed by atoms with Gasteiger partial charge in [-0.25, -0.2) is 9.97 Å².